The highest BCUT2D eigenvalue weighted by Crippen LogP contribution is 2.39. The predicted molar refractivity (Wildman–Crippen MR) is 92.6 cm³/mol. The van der Waals surface area contributed by atoms with E-state index in [0.717, 1.165) is 56.9 Å². The van der Waals surface area contributed by atoms with Crippen LogP contribution in [0.4, 0.5) is 5.82 Å². The lowest BCUT2D eigenvalue weighted by atomic mass is 10.1. The first-order valence-corrected chi connectivity index (χ1v) is 8.90. The Morgan fingerprint density at radius 2 is 2.00 bits per heavy atom. The van der Waals surface area contributed by atoms with Gasteiger partial charge < -0.3 is 14.4 Å². The summed E-state index contributed by atoms with van der Waals surface area (Å²) in [4.78, 5) is 2.50. The van der Waals surface area contributed by atoms with Crippen molar-refractivity contribution in [3.63, 3.8) is 0 Å². The van der Waals surface area contributed by atoms with Crippen molar-refractivity contribution < 1.29 is 9.47 Å². The van der Waals surface area contributed by atoms with Crippen molar-refractivity contribution in [2.45, 2.75) is 52.5 Å². The molecule has 1 aliphatic carbocycles. The molecule has 0 amide bonds. The highest BCUT2D eigenvalue weighted by molar-refractivity contribution is 5.70. The van der Waals surface area contributed by atoms with Crippen molar-refractivity contribution in [3.8, 4) is 0 Å². The van der Waals surface area contributed by atoms with Gasteiger partial charge in [0.05, 0.1) is 6.61 Å². The third-order valence-electron chi connectivity index (χ3n) is 4.82. The first-order chi connectivity index (χ1) is 11.2. The fraction of sp³-hybridized carbons (Fsp3) is 0.722. The van der Waals surface area contributed by atoms with E-state index in [4.69, 9.17) is 14.6 Å². The van der Waals surface area contributed by atoms with Crippen LogP contribution in [0, 0.1) is 6.92 Å². The Morgan fingerprint density at radius 1 is 1.30 bits per heavy atom. The number of aromatic nitrogens is 2. The standard InChI is InChI=1S/C18H29N3O2/c1-5-21(15-9-11-22-12-10-15)18-13(3)16(19-20(18)4)17(23-6-2)14-7-8-14/h15H,5-12H2,1-4H3. The molecule has 2 fully saturated rings. The molecule has 1 saturated heterocycles. The lowest BCUT2D eigenvalue weighted by molar-refractivity contribution is 0.0843. The molecule has 0 bridgehead atoms. The van der Waals surface area contributed by atoms with Crippen molar-refractivity contribution in [2.24, 2.45) is 7.05 Å². The van der Waals surface area contributed by atoms with E-state index in [1.165, 1.54) is 17.0 Å². The molecule has 2 aliphatic rings. The summed E-state index contributed by atoms with van der Waals surface area (Å²) in [7, 11) is 2.05. The Hall–Kier alpha value is -1.49. The lowest BCUT2D eigenvalue weighted by Crippen LogP contribution is -2.40. The summed E-state index contributed by atoms with van der Waals surface area (Å²) < 4.78 is 13.5. The molecule has 0 aromatic carbocycles. The average molecular weight is 319 g/mol. The highest BCUT2D eigenvalue weighted by atomic mass is 16.5. The second kappa shape index (κ2) is 6.95. The maximum Gasteiger partial charge on any atom is 0.146 e. The highest BCUT2D eigenvalue weighted by Gasteiger charge is 2.29. The van der Waals surface area contributed by atoms with Gasteiger partial charge in [-0.1, -0.05) is 0 Å². The van der Waals surface area contributed by atoms with Gasteiger partial charge in [0.2, 0.25) is 0 Å². The Balaban J connectivity index is 1.94. The predicted octanol–water partition coefficient (Wildman–Crippen LogP) is 3.28. The third kappa shape index (κ3) is 3.25. The summed E-state index contributed by atoms with van der Waals surface area (Å²) in [6, 6.07) is 0.542. The second-order valence-electron chi connectivity index (χ2n) is 6.42. The number of hydrogen-bond donors (Lipinski definition) is 0. The molecule has 5 nitrogen and oxygen atoms in total. The van der Waals surface area contributed by atoms with Crippen LogP contribution in [0.5, 0.6) is 0 Å². The van der Waals surface area contributed by atoms with Crippen molar-refractivity contribution >= 4 is 11.6 Å². The molecule has 0 spiro atoms. The molecule has 0 unspecified atom stereocenters. The van der Waals surface area contributed by atoms with Crippen LogP contribution in [0.2, 0.25) is 0 Å². The first kappa shape index (κ1) is 16.4. The van der Waals surface area contributed by atoms with E-state index in [9.17, 15) is 0 Å². The van der Waals surface area contributed by atoms with Gasteiger partial charge in [-0.3, -0.25) is 4.68 Å². The van der Waals surface area contributed by atoms with Crippen molar-refractivity contribution in [2.75, 3.05) is 31.3 Å². The molecule has 1 saturated carbocycles. The Bertz CT molecular complexity index is 579. The van der Waals surface area contributed by atoms with Gasteiger partial charge in [-0.25, -0.2) is 0 Å². The molecule has 128 valence electrons. The second-order valence-corrected chi connectivity index (χ2v) is 6.42. The van der Waals surface area contributed by atoms with Gasteiger partial charge in [-0.2, -0.15) is 5.10 Å². The quantitative estimate of drug-likeness (QED) is 0.755. The zero-order chi connectivity index (χ0) is 16.4. The number of anilines is 1. The third-order valence-corrected chi connectivity index (χ3v) is 4.82. The molecular weight excluding hydrogens is 290 g/mol. The molecule has 5 heteroatoms. The van der Waals surface area contributed by atoms with Crippen LogP contribution >= 0.6 is 0 Å². The van der Waals surface area contributed by atoms with Gasteiger partial charge in [-0.05, 0) is 52.0 Å². The van der Waals surface area contributed by atoms with E-state index < -0.39 is 0 Å². The zero-order valence-electron chi connectivity index (χ0n) is 14.9. The van der Waals surface area contributed by atoms with Crippen molar-refractivity contribution in [1.29, 1.82) is 0 Å². The Labute approximate surface area is 139 Å². The van der Waals surface area contributed by atoms with Crippen LogP contribution in [0.15, 0.2) is 5.57 Å². The summed E-state index contributed by atoms with van der Waals surface area (Å²) >= 11 is 0. The molecule has 0 N–H and O–H groups in total. The van der Waals surface area contributed by atoms with Crippen LogP contribution < -0.4 is 4.90 Å². The van der Waals surface area contributed by atoms with Crippen LogP contribution in [0.3, 0.4) is 0 Å². The van der Waals surface area contributed by atoms with E-state index in [-0.39, 0.29) is 0 Å². The summed E-state index contributed by atoms with van der Waals surface area (Å²) in [6.07, 6.45) is 4.48. The first-order valence-electron chi connectivity index (χ1n) is 8.90. The smallest absolute Gasteiger partial charge is 0.146 e. The number of ether oxygens (including phenoxy) is 2. The minimum absolute atomic E-state index is 0.542. The maximum atomic E-state index is 5.93. The molecule has 0 radical (unpaired) electrons. The summed E-state index contributed by atoms with van der Waals surface area (Å²) in [5.74, 6) is 2.25. The average Bonchev–Trinajstić information content (AvgIpc) is 3.36. The molecule has 2 heterocycles. The monoisotopic (exact) mass is 319 g/mol. The SMILES string of the molecule is CCOC(=C1CC1)c1nn(C)c(N(CC)C2CCOCC2)c1C. The van der Waals surface area contributed by atoms with Gasteiger partial charge in [0.15, 0.2) is 0 Å². The molecule has 0 atom stereocenters. The Morgan fingerprint density at radius 3 is 2.57 bits per heavy atom. The number of nitrogens with zero attached hydrogens (tertiary/aromatic N) is 3. The number of rotatable bonds is 6. The van der Waals surface area contributed by atoms with Crippen LogP contribution in [0.1, 0.15) is 50.8 Å². The topological polar surface area (TPSA) is 39.5 Å². The van der Waals surface area contributed by atoms with Crippen LogP contribution in [-0.2, 0) is 16.5 Å². The van der Waals surface area contributed by atoms with E-state index in [2.05, 4.69) is 25.8 Å². The summed E-state index contributed by atoms with van der Waals surface area (Å²) in [5.41, 5.74) is 3.68. The number of allylic oxidation sites excluding steroid dienone is 1. The Kier molecular flexibility index (Phi) is 4.95. The molecule has 1 aromatic heterocycles. The number of hydrogen-bond acceptors (Lipinski definition) is 4. The van der Waals surface area contributed by atoms with Gasteiger partial charge in [0.1, 0.15) is 17.3 Å². The molecular formula is C18H29N3O2. The lowest BCUT2D eigenvalue weighted by Gasteiger charge is -2.35. The summed E-state index contributed by atoms with van der Waals surface area (Å²) in [6.45, 7) is 9.86. The van der Waals surface area contributed by atoms with E-state index in [0.29, 0.717) is 12.6 Å². The van der Waals surface area contributed by atoms with Crippen LogP contribution in [-0.4, -0.2) is 42.2 Å². The fourth-order valence-corrected chi connectivity index (χ4v) is 3.59. The van der Waals surface area contributed by atoms with Gasteiger partial charge >= 0.3 is 0 Å². The van der Waals surface area contributed by atoms with Crippen molar-refractivity contribution in [3.05, 3.63) is 16.8 Å². The van der Waals surface area contributed by atoms with E-state index >= 15 is 0 Å². The zero-order valence-corrected chi connectivity index (χ0v) is 14.9. The molecule has 1 aliphatic heterocycles. The molecule has 23 heavy (non-hydrogen) atoms. The van der Waals surface area contributed by atoms with E-state index in [1.54, 1.807) is 0 Å². The summed E-state index contributed by atoms with van der Waals surface area (Å²) in [5, 5.41) is 4.81. The van der Waals surface area contributed by atoms with E-state index in [1.807, 2.05) is 11.6 Å². The van der Waals surface area contributed by atoms with Crippen LogP contribution in [0.25, 0.3) is 5.76 Å². The number of aryl methyl sites for hydroxylation is 1. The minimum Gasteiger partial charge on any atom is -0.492 e. The maximum absolute atomic E-state index is 5.93. The largest absolute Gasteiger partial charge is 0.492 e. The normalized spacial score (nSPS) is 18.2. The fourth-order valence-electron chi connectivity index (χ4n) is 3.59. The van der Waals surface area contributed by atoms with Gasteiger partial charge in [0.25, 0.3) is 0 Å². The van der Waals surface area contributed by atoms with Gasteiger partial charge in [-0.15, -0.1) is 0 Å². The van der Waals surface area contributed by atoms with Gasteiger partial charge in [0, 0.05) is 38.4 Å². The minimum atomic E-state index is 0.542. The molecule has 3 rings (SSSR count). The van der Waals surface area contributed by atoms with Crippen molar-refractivity contribution in [1.82, 2.24) is 9.78 Å². The molecule has 1 aromatic rings.